The first-order valence-electron chi connectivity index (χ1n) is 6.84. The maximum Gasteiger partial charge on any atom is 0.379 e. The summed E-state index contributed by atoms with van der Waals surface area (Å²) in [6.45, 7) is 0. The van der Waals surface area contributed by atoms with Crippen molar-refractivity contribution in [2.45, 2.75) is 37.4 Å². The first-order valence-corrected chi connectivity index (χ1v) is 7.72. The molecule has 1 unspecified atom stereocenters. The van der Waals surface area contributed by atoms with Crippen LogP contribution in [0.25, 0.3) is 0 Å². The molecule has 21 heavy (non-hydrogen) atoms. The molecule has 0 spiro atoms. The standard InChI is InChI=1S/C15H16O5S/c1-19-14(17)15(18)8-9(12-6-3-7-21-12)13-10(16)4-2-5-11(13)20-15/h3,6-7,9,18H,2,4-5,8H2,1H3/t9-,15?/m1/s1. The van der Waals surface area contributed by atoms with Crippen molar-refractivity contribution >= 4 is 23.1 Å². The van der Waals surface area contributed by atoms with Gasteiger partial charge in [0.1, 0.15) is 5.76 Å². The SMILES string of the molecule is COC(=O)C1(O)C[C@H](c2cccs2)C2=C(CCCC2=O)O1. The summed E-state index contributed by atoms with van der Waals surface area (Å²) in [5, 5.41) is 12.4. The van der Waals surface area contributed by atoms with Crippen LogP contribution in [0.15, 0.2) is 28.8 Å². The summed E-state index contributed by atoms with van der Waals surface area (Å²) >= 11 is 1.50. The maximum atomic E-state index is 12.3. The average molecular weight is 308 g/mol. The lowest BCUT2D eigenvalue weighted by Gasteiger charge is -2.38. The molecule has 0 saturated carbocycles. The molecule has 5 nitrogen and oxygen atoms in total. The van der Waals surface area contributed by atoms with Crippen LogP contribution >= 0.6 is 11.3 Å². The zero-order valence-corrected chi connectivity index (χ0v) is 12.4. The third kappa shape index (κ3) is 2.38. The lowest BCUT2D eigenvalue weighted by atomic mass is 9.80. The summed E-state index contributed by atoms with van der Waals surface area (Å²) < 4.78 is 10.1. The Hall–Kier alpha value is -1.66. The second-order valence-electron chi connectivity index (χ2n) is 5.26. The van der Waals surface area contributed by atoms with Crippen LogP contribution in [0.1, 0.15) is 36.5 Å². The molecule has 1 aliphatic heterocycles. The number of hydrogen-bond donors (Lipinski definition) is 1. The maximum absolute atomic E-state index is 12.3. The minimum absolute atomic E-state index is 0.00472. The minimum atomic E-state index is -2.01. The molecular formula is C15H16O5S. The zero-order chi connectivity index (χ0) is 15.0. The van der Waals surface area contributed by atoms with E-state index in [0.29, 0.717) is 30.6 Å². The van der Waals surface area contributed by atoms with Gasteiger partial charge >= 0.3 is 11.8 Å². The zero-order valence-electron chi connectivity index (χ0n) is 11.6. The quantitative estimate of drug-likeness (QED) is 0.847. The van der Waals surface area contributed by atoms with E-state index in [4.69, 9.17) is 4.74 Å². The topological polar surface area (TPSA) is 72.8 Å². The molecular weight excluding hydrogens is 292 g/mol. The molecule has 0 fully saturated rings. The van der Waals surface area contributed by atoms with Crippen molar-refractivity contribution in [3.8, 4) is 0 Å². The number of aliphatic hydroxyl groups is 1. The van der Waals surface area contributed by atoms with Crippen LogP contribution in [0.5, 0.6) is 0 Å². The largest absolute Gasteiger partial charge is 0.464 e. The lowest BCUT2D eigenvalue weighted by molar-refractivity contribution is -0.222. The summed E-state index contributed by atoms with van der Waals surface area (Å²) in [6.07, 6.45) is 1.72. The Bertz CT molecular complexity index is 604. The molecule has 2 aliphatic rings. The van der Waals surface area contributed by atoms with Crippen molar-refractivity contribution < 1.29 is 24.2 Å². The Morgan fingerprint density at radius 3 is 3.00 bits per heavy atom. The van der Waals surface area contributed by atoms with Gasteiger partial charge in [0.15, 0.2) is 5.78 Å². The molecule has 0 aromatic carbocycles. The van der Waals surface area contributed by atoms with E-state index < -0.39 is 11.8 Å². The van der Waals surface area contributed by atoms with Gasteiger partial charge in [-0.25, -0.2) is 4.79 Å². The smallest absolute Gasteiger partial charge is 0.379 e. The van der Waals surface area contributed by atoms with Crippen molar-refractivity contribution in [2.75, 3.05) is 7.11 Å². The highest BCUT2D eigenvalue weighted by Gasteiger charge is 2.50. The van der Waals surface area contributed by atoms with E-state index >= 15 is 0 Å². The number of hydrogen-bond acceptors (Lipinski definition) is 6. The van der Waals surface area contributed by atoms with Crippen LogP contribution in [0.3, 0.4) is 0 Å². The summed E-state index contributed by atoms with van der Waals surface area (Å²) in [6, 6.07) is 3.80. The Morgan fingerprint density at radius 2 is 2.33 bits per heavy atom. The highest BCUT2D eigenvalue weighted by Crippen LogP contribution is 2.46. The summed E-state index contributed by atoms with van der Waals surface area (Å²) in [7, 11) is 1.21. The number of carbonyl (C=O) groups is 2. The first kappa shape index (κ1) is 14.3. The van der Waals surface area contributed by atoms with Crippen LogP contribution in [0.2, 0.25) is 0 Å². The third-order valence-electron chi connectivity index (χ3n) is 3.92. The number of carbonyl (C=O) groups excluding carboxylic acids is 2. The predicted octanol–water partition coefficient (Wildman–Crippen LogP) is 2.12. The fourth-order valence-electron chi connectivity index (χ4n) is 2.97. The van der Waals surface area contributed by atoms with E-state index in [1.807, 2.05) is 17.5 Å². The number of rotatable bonds is 2. The van der Waals surface area contributed by atoms with Gasteiger partial charge in [-0.2, -0.15) is 0 Å². The van der Waals surface area contributed by atoms with Gasteiger partial charge < -0.3 is 14.6 Å². The summed E-state index contributed by atoms with van der Waals surface area (Å²) in [5.41, 5.74) is 0.609. The van der Waals surface area contributed by atoms with Crippen molar-refractivity contribution in [1.82, 2.24) is 0 Å². The van der Waals surface area contributed by atoms with Gasteiger partial charge in [0.25, 0.3) is 0 Å². The van der Waals surface area contributed by atoms with E-state index in [0.717, 1.165) is 4.88 Å². The van der Waals surface area contributed by atoms with E-state index in [1.165, 1.54) is 18.4 Å². The summed E-state index contributed by atoms with van der Waals surface area (Å²) in [4.78, 5) is 25.1. The van der Waals surface area contributed by atoms with Gasteiger partial charge in [-0.1, -0.05) is 6.07 Å². The van der Waals surface area contributed by atoms with Crippen molar-refractivity contribution in [3.05, 3.63) is 33.7 Å². The van der Waals surface area contributed by atoms with Crippen LogP contribution in [-0.2, 0) is 19.1 Å². The van der Waals surface area contributed by atoms with Gasteiger partial charge in [0, 0.05) is 35.6 Å². The molecule has 0 bridgehead atoms. The molecule has 1 aromatic rings. The van der Waals surface area contributed by atoms with E-state index in [-0.39, 0.29) is 18.1 Å². The molecule has 3 rings (SSSR count). The molecule has 1 aromatic heterocycles. The Kier molecular flexibility index (Phi) is 3.59. The van der Waals surface area contributed by atoms with Gasteiger partial charge in [-0.3, -0.25) is 4.79 Å². The fourth-order valence-corrected chi connectivity index (χ4v) is 3.81. The number of Topliss-reactive ketones (excluding diaryl/α,β-unsaturated/α-hetero) is 1. The number of esters is 1. The Balaban J connectivity index is 2.07. The van der Waals surface area contributed by atoms with Gasteiger partial charge in [0.2, 0.25) is 0 Å². The molecule has 2 atom stereocenters. The van der Waals surface area contributed by atoms with Crippen molar-refractivity contribution in [2.24, 2.45) is 0 Å². The number of ether oxygens (including phenoxy) is 2. The predicted molar refractivity (Wildman–Crippen MR) is 75.6 cm³/mol. The number of ketones is 1. The van der Waals surface area contributed by atoms with Gasteiger partial charge in [-0.15, -0.1) is 11.3 Å². The Labute approximate surface area is 126 Å². The molecule has 1 aliphatic carbocycles. The molecule has 1 N–H and O–H groups in total. The molecule has 0 amide bonds. The fraction of sp³-hybridized carbons (Fsp3) is 0.467. The highest BCUT2D eigenvalue weighted by atomic mass is 32.1. The number of thiophene rings is 1. The van der Waals surface area contributed by atoms with Gasteiger partial charge in [0.05, 0.1) is 7.11 Å². The monoisotopic (exact) mass is 308 g/mol. The molecule has 2 heterocycles. The summed E-state index contributed by atoms with van der Waals surface area (Å²) in [5.74, 6) is -2.68. The average Bonchev–Trinajstić information content (AvgIpc) is 2.99. The van der Waals surface area contributed by atoms with Crippen LogP contribution in [-0.4, -0.2) is 29.8 Å². The molecule has 6 heteroatoms. The van der Waals surface area contributed by atoms with Crippen LogP contribution in [0.4, 0.5) is 0 Å². The van der Waals surface area contributed by atoms with Crippen LogP contribution in [0, 0.1) is 0 Å². The van der Waals surface area contributed by atoms with E-state index in [9.17, 15) is 14.7 Å². The van der Waals surface area contributed by atoms with E-state index in [2.05, 4.69) is 4.74 Å². The second-order valence-corrected chi connectivity index (χ2v) is 6.24. The second kappa shape index (κ2) is 5.27. The Morgan fingerprint density at radius 1 is 1.52 bits per heavy atom. The van der Waals surface area contributed by atoms with Gasteiger partial charge in [-0.05, 0) is 17.9 Å². The number of allylic oxidation sites excluding steroid dienone is 2. The normalized spacial score (nSPS) is 28.9. The molecule has 0 saturated heterocycles. The molecule has 0 radical (unpaired) electrons. The van der Waals surface area contributed by atoms with E-state index in [1.54, 1.807) is 0 Å². The molecule has 112 valence electrons. The van der Waals surface area contributed by atoms with Crippen molar-refractivity contribution in [1.29, 1.82) is 0 Å². The number of methoxy groups -OCH3 is 1. The minimum Gasteiger partial charge on any atom is -0.464 e. The lowest BCUT2D eigenvalue weighted by Crippen LogP contribution is -2.47. The van der Waals surface area contributed by atoms with Crippen molar-refractivity contribution in [3.63, 3.8) is 0 Å². The third-order valence-corrected chi connectivity index (χ3v) is 4.91. The van der Waals surface area contributed by atoms with Crippen LogP contribution < -0.4 is 0 Å². The highest BCUT2D eigenvalue weighted by molar-refractivity contribution is 7.10. The first-order chi connectivity index (χ1) is 10.0.